The van der Waals surface area contributed by atoms with Gasteiger partial charge in [-0.1, -0.05) is 22.2 Å². The van der Waals surface area contributed by atoms with Gasteiger partial charge < -0.3 is 5.32 Å². The van der Waals surface area contributed by atoms with Gasteiger partial charge in [-0.2, -0.15) is 0 Å². The van der Waals surface area contributed by atoms with Gasteiger partial charge in [-0.05, 0) is 62.5 Å². The van der Waals surface area contributed by atoms with Crippen LogP contribution in [0.5, 0.6) is 0 Å². The fourth-order valence-electron chi connectivity index (χ4n) is 2.41. The van der Waals surface area contributed by atoms with Crippen molar-refractivity contribution in [3.8, 4) is 0 Å². The Kier molecular flexibility index (Phi) is 4.09. The lowest BCUT2D eigenvalue weighted by Crippen LogP contribution is -2.18. The Hall–Kier alpha value is -1.26. The van der Waals surface area contributed by atoms with Gasteiger partial charge in [-0.15, -0.1) is 5.10 Å². The molecule has 1 heterocycles. The molecule has 1 aromatic heterocycles. The fraction of sp³-hybridized carbons (Fsp3) is 0.429. The van der Waals surface area contributed by atoms with E-state index in [1.54, 1.807) is 0 Å². The van der Waals surface area contributed by atoms with Crippen molar-refractivity contribution in [2.75, 3.05) is 7.05 Å². The molecule has 1 N–H and O–H groups in total. The Bertz CT molecular complexity index is 497. The topological polar surface area (TPSA) is 37.8 Å². The van der Waals surface area contributed by atoms with Crippen LogP contribution >= 0.6 is 11.5 Å². The predicted molar refractivity (Wildman–Crippen MR) is 76.1 cm³/mol. The molecule has 0 radical (unpaired) electrons. The van der Waals surface area contributed by atoms with E-state index >= 15 is 0 Å². The SMILES string of the molecule is CNC(Cc1c(C)cc(C)cc1C)c1cnns1. The summed E-state index contributed by atoms with van der Waals surface area (Å²) >= 11 is 1.47. The molecule has 1 aromatic carbocycles. The van der Waals surface area contributed by atoms with Gasteiger partial charge in [-0.25, -0.2) is 0 Å². The van der Waals surface area contributed by atoms with Gasteiger partial charge in [-0.3, -0.25) is 0 Å². The molecular weight excluding hydrogens is 242 g/mol. The predicted octanol–water partition coefficient (Wildman–Crippen LogP) is 2.97. The van der Waals surface area contributed by atoms with E-state index in [9.17, 15) is 0 Å². The number of aryl methyl sites for hydroxylation is 3. The Labute approximate surface area is 112 Å². The highest BCUT2D eigenvalue weighted by Gasteiger charge is 2.15. The smallest absolute Gasteiger partial charge is 0.0669 e. The second-order valence-corrected chi connectivity index (χ2v) is 5.56. The molecule has 0 amide bonds. The zero-order valence-corrected chi connectivity index (χ0v) is 12.1. The molecule has 18 heavy (non-hydrogen) atoms. The van der Waals surface area contributed by atoms with Gasteiger partial charge >= 0.3 is 0 Å². The van der Waals surface area contributed by atoms with Gasteiger partial charge in [0.1, 0.15) is 0 Å². The number of benzene rings is 1. The van der Waals surface area contributed by atoms with Crippen LogP contribution in [0.25, 0.3) is 0 Å². The van der Waals surface area contributed by atoms with Crippen molar-refractivity contribution in [2.45, 2.75) is 33.2 Å². The molecular formula is C14H19N3S. The minimum absolute atomic E-state index is 0.296. The van der Waals surface area contributed by atoms with Crippen LogP contribution in [0.15, 0.2) is 18.3 Å². The maximum atomic E-state index is 3.94. The van der Waals surface area contributed by atoms with E-state index in [-0.39, 0.29) is 0 Å². The summed E-state index contributed by atoms with van der Waals surface area (Å²) in [6.45, 7) is 6.52. The van der Waals surface area contributed by atoms with Crippen LogP contribution in [-0.2, 0) is 6.42 Å². The molecule has 1 atom stereocenters. The molecule has 1 unspecified atom stereocenters. The molecule has 0 spiro atoms. The first kappa shape index (κ1) is 13.2. The van der Waals surface area contributed by atoms with Crippen LogP contribution < -0.4 is 5.32 Å². The number of rotatable bonds is 4. The molecule has 0 saturated carbocycles. The van der Waals surface area contributed by atoms with E-state index in [0.717, 1.165) is 6.42 Å². The average molecular weight is 261 g/mol. The minimum Gasteiger partial charge on any atom is -0.312 e. The van der Waals surface area contributed by atoms with Crippen molar-refractivity contribution in [3.05, 3.63) is 45.5 Å². The Morgan fingerprint density at radius 2 is 1.89 bits per heavy atom. The highest BCUT2D eigenvalue weighted by molar-refractivity contribution is 7.05. The second kappa shape index (κ2) is 5.59. The van der Waals surface area contributed by atoms with Crippen molar-refractivity contribution < 1.29 is 0 Å². The van der Waals surface area contributed by atoms with Crippen LogP contribution in [0.4, 0.5) is 0 Å². The highest BCUT2D eigenvalue weighted by Crippen LogP contribution is 2.25. The summed E-state index contributed by atoms with van der Waals surface area (Å²) < 4.78 is 3.94. The number of hydrogen-bond acceptors (Lipinski definition) is 4. The highest BCUT2D eigenvalue weighted by atomic mass is 32.1. The third kappa shape index (κ3) is 2.76. The third-order valence-electron chi connectivity index (χ3n) is 3.32. The molecule has 0 bridgehead atoms. The molecule has 2 rings (SSSR count). The number of nitrogens with one attached hydrogen (secondary N) is 1. The molecule has 2 aromatic rings. The first-order valence-electron chi connectivity index (χ1n) is 6.13. The van der Waals surface area contributed by atoms with Crippen molar-refractivity contribution in [1.29, 1.82) is 0 Å². The van der Waals surface area contributed by atoms with Crippen molar-refractivity contribution >= 4 is 11.5 Å². The van der Waals surface area contributed by atoms with Crippen molar-refractivity contribution in [3.63, 3.8) is 0 Å². The van der Waals surface area contributed by atoms with E-state index in [0.29, 0.717) is 6.04 Å². The third-order valence-corrected chi connectivity index (χ3v) is 4.10. The number of likely N-dealkylation sites (N-methyl/N-ethyl adjacent to an activating group) is 1. The van der Waals surface area contributed by atoms with Gasteiger partial charge in [0.25, 0.3) is 0 Å². The quantitative estimate of drug-likeness (QED) is 0.919. The summed E-state index contributed by atoms with van der Waals surface area (Å²) in [5.41, 5.74) is 5.48. The maximum Gasteiger partial charge on any atom is 0.0669 e. The van der Waals surface area contributed by atoms with E-state index in [1.165, 1.54) is 38.7 Å². The van der Waals surface area contributed by atoms with Crippen LogP contribution in [-0.4, -0.2) is 16.6 Å². The lowest BCUT2D eigenvalue weighted by Gasteiger charge is -2.17. The van der Waals surface area contributed by atoms with Crippen molar-refractivity contribution in [2.24, 2.45) is 0 Å². The van der Waals surface area contributed by atoms with Gasteiger partial charge in [0.15, 0.2) is 0 Å². The van der Waals surface area contributed by atoms with E-state index in [2.05, 4.69) is 47.8 Å². The van der Waals surface area contributed by atoms with Gasteiger partial charge in [0.2, 0.25) is 0 Å². The molecule has 0 aliphatic carbocycles. The molecule has 0 aliphatic heterocycles. The summed E-state index contributed by atoms with van der Waals surface area (Å²) in [6, 6.07) is 4.80. The molecule has 0 saturated heterocycles. The zero-order chi connectivity index (χ0) is 13.1. The summed E-state index contributed by atoms with van der Waals surface area (Å²) in [5.74, 6) is 0. The fourth-order valence-corrected chi connectivity index (χ4v) is 3.02. The first-order chi connectivity index (χ1) is 8.61. The number of hydrogen-bond donors (Lipinski definition) is 1. The van der Waals surface area contributed by atoms with Crippen LogP contribution in [0, 0.1) is 20.8 Å². The van der Waals surface area contributed by atoms with E-state index in [4.69, 9.17) is 0 Å². The Balaban J connectivity index is 2.28. The second-order valence-electron chi connectivity index (χ2n) is 4.74. The minimum atomic E-state index is 0.296. The summed E-state index contributed by atoms with van der Waals surface area (Å²) in [5, 5.41) is 7.27. The average Bonchev–Trinajstić information content (AvgIpc) is 2.81. The Morgan fingerprint density at radius 3 is 2.39 bits per heavy atom. The van der Waals surface area contributed by atoms with Gasteiger partial charge in [0, 0.05) is 6.04 Å². The normalized spacial score (nSPS) is 12.7. The monoisotopic (exact) mass is 261 g/mol. The molecule has 3 nitrogen and oxygen atoms in total. The summed E-state index contributed by atoms with van der Waals surface area (Å²) in [4.78, 5) is 1.19. The Morgan fingerprint density at radius 1 is 1.22 bits per heavy atom. The number of aromatic nitrogens is 2. The first-order valence-corrected chi connectivity index (χ1v) is 6.90. The molecule has 0 fully saturated rings. The van der Waals surface area contributed by atoms with E-state index in [1.807, 2.05) is 13.2 Å². The lowest BCUT2D eigenvalue weighted by molar-refractivity contribution is 0.598. The van der Waals surface area contributed by atoms with Crippen molar-refractivity contribution in [1.82, 2.24) is 14.9 Å². The summed E-state index contributed by atoms with van der Waals surface area (Å²) in [6.07, 6.45) is 2.84. The van der Waals surface area contributed by atoms with Crippen LogP contribution in [0.3, 0.4) is 0 Å². The standard InChI is InChI=1S/C14H19N3S/c1-9-5-10(2)12(11(3)6-9)7-13(15-4)14-8-16-17-18-14/h5-6,8,13,15H,7H2,1-4H3. The van der Waals surface area contributed by atoms with Gasteiger partial charge in [0.05, 0.1) is 11.1 Å². The van der Waals surface area contributed by atoms with Crippen LogP contribution in [0.2, 0.25) is 0 Å². The molecule has 4 heteroatoms. The molecule has 0 aliphatic rings. The number of nitrogens with zero attached hydrogens (tertiary/aromatic N) is 2. The van der Waals surface area contributed by atoms with Crippen LogP contribution in [0.1, 0.15) is 33.2 Å². The zero-order valence-electron chi connectivity index (χ0n) is 11.3. The largest absolute Gasteiger partial charge is 0.312 e. The summed E-state index contributed by atoms with van der Waals surface area (Å²) in [7, 11) is 1.99. The maximum absolute atomic E-state index is 3.94. The molecule has 96 valence electrons. The van der Waals surface area contributed by atoms with E-state index < -0.39 is 0 Å². The lowest BCUT2D eigenvalue weighted by atomic mass is 9.94.